The fraction of sp³-hybridized carbons (Fsp3) is 0.857. The zero-order valence-corrected chi connectivity index (χ0v) is 6.84. The van der Waals surface area contributed by atoms with Crippen molar-refractivity contribution in [2.24, 2.45) is 5.73 Å². The van der Waals surface area contributed by atoms with Crippen molar-refractivity contribution in [2.45, 2.75) is 25.9 Å². The van der Waals surface area contributed by atoms with Gasteiger partial charge in [0, 0.05) is 13.0 Å². The minimum atomic E-state index is -0.475. The summed E-state index contributed by atoms with van der Waals surface area (Å²) >= 11 is 0. The number of rotatable bonds is 5. The molecule has 0 aliphatic carbocycles. The summed E-state index contributed by atoms with van der Waals surface area (Å²) < 4.78 is 0. The summed E-state index contributed by atoms with van der Waals surface area (Å²) in [6.07, 6.45) is 0.673. The molecule has 0 rings (SSSR count). The molecule has 0 aromatic heterocycles. The van der Waals surface area contributed by atoms with E-state index in [4.69, 9.17) is 10.8 Å². The third kappa shape index (κ3) is 7.29. The first-order chi connectivity index (χ1) is 5.16. The Hall–Kier alpha value is -0.610. The summed E-state index contributed by atoms with van der Waals surface area (Å²) in [5.74, 6) is -0.0450. The van der Waals surface area contributed by atoms with Gasteiger partial charge in [0.25, 0.3) is 0 Å². The van der Waals surface area contributed by atoms with Crippen LogP contribution < -0.4 is 11.1 Å². The van der Waals surface area contributed by atoms with Crippen LogP contribution in [0.2, 0.25) is 0 Å². The molecule has 0 unspecified atom stereocenters. The van der Waals surface area contributed by atoms with Crippen LogP contribution in [0.1, 0.15) is 19.8 Å². The molecule has 1 atom stereocenters. The highest BCUT2D eigenvalue weighted by Gasteiger charge is 2.00. The molecule has 0 spiro atoms. The smallest absolute Gasteiger partial charge is 0.220 e. The Morgan fingerprint density at radius 2 is 2.36 bits per heavy atom. The first kappa shape index (κ1) is 10.4. The lowest BCUT2D eigenvalue weighted by Gasteiger charge is -2.05. The number of aliphatic hydroxyl groups is 1. The van der Waals surface area contributed by atoms with Crippen LogP contribution in [0, 0.1) is 0 Å². The second-order valence-corrected chi connectivity index (χ2v) is 2.55. The van der Waals surface area contributed by atoms with E-state index in [2.05, 4.69) is 5.32 Å². The van der Waals surface area contributed by atoms with Gasteiger partial charge in [-0.05, 0) is 19.9 Å². The molecule has 0 aliphatic rings. The van der Waals surface area contributed by atoms with E-state index in [1.165, 1.54) is 0 Å². The molecule has 4 N–H and O–H groups in total. The van der Waals surface area contributed by atoms with Crippen molar-refractivity contribution in [3.8, 4) is 0 Å². The number of hydrogen-bond acceptors (Lipinski definition) is 3. The number of amides is 1. The van der Waals surface area contributed by atoms with E-state index in [9.17, 15) is 4.79 Å². The molecule has 0 saturated carbocycles. The zero-order valence-electron chi connectivity index (χ0n) is 6.84. The van der Waals surface area contributed by atoms with Gasteiger partial charge < -0.3 is 16.2 Å². The van der Waals surface area contributed by atoms with Gasteiger partial charge in [-0.2, -0.15) is 0 Å². The molecule has 66 valence electrons. The number of hydrogen-bond donors (Lipinski definition) is 3. The maximum Gasteiger partial charge on any atom is 0.220 e. The summed E-state index contributed by atoms with van der Waals surface area (Å²) in [6, 6.07) is 0. The Balaban J connectivity index is 3.23. The highest BCUT2D eigenvalue weighted by atomic mass is 16.3. The molecule has 11 heavy (non-hydrogen) atoms. The minimum absolute atomic E-state index is 0.0450. The van der Waals surface area contributed by atoms with Crippen LogP contribution in [-0.2, 0) is 4.79 Å². The zero-order chi connectivity index (χ0) is 8.69. The van der Waals surface area contributed by atoms with Gasteiger partial charge in [0.2, 0.25) is 5.91 Å². The monoisotopic (exact) mass is 160 g/mol. The SMILES string of the molecule is C[C@@H](O)CNC(=O)CCCN. The maximum absolute atomic E-state index is 10.8. The van der Waals surface area contributed by atoms with Gasteiger partial charge in [0.1, 0.15) is 0 Å². The average Bonchev–Trinajstić information content (AvgIpc) is 1.97. The van der Waals surface area contributed by atoms with Crippen molar-refractivity contribution in [1.29, 1.82) is 0 Å². The van der Waals surface area contributed by atoms with Gasteiger partial charge in [-0.15, -0.1) is 0 Å². The second-order valence-electron chi connectivity index (χ2n) is 2.55. The Morgan fingerprint density at radius 3 is 2.82 bits per heavy atom. The highest BCUT2D eigenvalue weighted by Crippen LogP contribution is 1.85. The number of carbonyl (C=O) groups excluding carboxylic acids is 1. The standard InChI is InChI=1S/C7H16N2O2/c1-6(10)5-9-7(11)3-2-4-8/h6,10H,2-5,8H2,1H3,(H,9,11)/t6-/m1/s1. The van der Waals surface area contributed by atoms with Crippen LogP contribution >= 0.6 is 0 Å². The van der Waals surface area contributed by atoms with E-state index in [1.807, 2.05) is 0 Å². The van der Waals surface area contributed by atoms with Crippen molar-refractivity contribution in [3.05, 3.63) is 0 Å². The molecular weight excluding hydrogens is 144 g/mol. The molecule has 0 fully saturated rings. The lowest BCUT2D eigenvalue weighted by molar-refractivity contribution is -0.121. The first-order valence-corrected chi connectivity index (χ1v) is 3.81. The van der Waals surface area contributed by atoms with E-state index in [1.54, 1.807) is 6.92 Å². The van der Waals surface area contributed by atoms with E-state index in [0.29, 0.717) is 25.9 Å². The molecule has 0 heterocycles. The lowest BCUT2D eigenvalue weighted by Crippen LogP contribution is -2.30. The summed E-state index contributed by atoms with van der Waals surface area (Å²) in [5.41, 5.74) is 5.20. The van der Waals surface area contributed by atoms with Crippen LogP contribution in [0.25, 0.3) is 0 Å². The van der Waals surface area contributed by atoms with Crippen molar-refractivity contribution in [1.82, 2.24) is 5.32 Å². The van der Waals surface area contributed by atoms with Crippen LogP contribution in [0.3, 0.4) is 0 Å². The van der Waals surface area contributed by atoms with Crippen molar-refractivity contribution in [3.63, 3.8) is 0 Å². The van der Waals surface area contributed by atoms with Gasteiger partial charge in [-0.25, -0.2) is 0 Å². The first-order valence-electron chi connectivity index (χ1n) is 3.81. The quantitative estimate of drug-likeness (QED) is 0.494. The van der Waals surface area contributed by atoms with Gasteiger partial charge in [-0.1, -0.05) is 0 Å². The molecule has 0 aromatic carbocycles. The molecule has 0 saturated heterocycles. The predicted octanol–water partition coefficient (Wildman–Crippen LogP) is -0.778. The third-order valence-corrected chi connectivity index (χ3v) is 1.20. The maximum atomic E-state index is 10.8. The molecule has 4 nitrogen and oxygen atoms in total. The summed E-state index contributed by atoms with van der Waals surface area (Å²) in [4.78, 5) is 10.8. The van der Waals surface area contributed by atoms with Crippen molar-refractivity contribution < 1.29 is 9.90 Å². The lowest BCUT2D eigenvalue weighted by atomic mass is 10.3. The number of aliphatic hydroxyl groups excluding tert-OH is 1. The molecular formula is C7H16N2O2. The van der Waals surface area contributed by atoms with Gasteiger partial charge in [0.15, 0.2) is 0 Å². The normalized spacial score (nSPS) is 12.6. The Kier molecular flexibility index (Phi) is 5.78. The topological polar surface area (TPSA) is 75.3 Å². The molecule has 1 amide bonds. The third-order valence-electron chi connectivity index (χ3n) is 1.20. The summed E-state index contributed by atoms with van der Waals surface area (Å²) in [5, 5.41) is 11.4. The van der Waals surface area contributed by atoms with Crippen LogP contribution in [0.5, 0.6) is 0 Å². The van der Waals surface area contributed by atoms with Gasteiger partial charge in [-0.3, -0.25) is 4.79 Å². The largest absolute Gasteiger partial charge is 0.392 e. The van der Waals surface area contributed by atoms with E-state index >= 15 is 0 Å². The van der Waals surface area contributed by atoms with Crippen LogP contribution in [-0.4, -0.2) is 30.2 Å². The molecule has 0 aliphatic heterocycles. The fourth-order valence-corrected chi connectivity index (χ4v) is 0.613. The van der Waals surface area contributed by atoms with Crippen LogP contribution in [0.4, 0.5) is 0 Å². The minimum Gasteiger partial charge on any atom is -0.392 e. The Bertz CT molecular complexity index is 115. The Labute approximate surface area is 66.8 Å². The molecule has 0 radical (unpaired) electrons. The number of nitrogens with one attached hydrogen (secondary N) is 1. The van der Waals surface area contributed by atoms with Crippen molar-refractivity contribution >= 4 is 5.91 Å². The van der Waals surface area contributed by atoms with E-state index in [0.717, 1.165) is 0 Å². The molecule has 4 heteroatoms. The van der Waals surface area contributed by atoms with Gasteiger partial charge >= 0.3 is 0 Å². The average molecular weight is 160 g/mol. The summed E-state index contributed by atoms with van der Waals surface area (Å²) in [6.45, 7) is 2.48. The Morgan fingerprint density at radius 1 is 1.73 bits per heavy atom. The fourth-order valence-electron chi connectivity index (χ4n) is 0.613. The van der Waals surface area contributed by atoms with Crippen molar-refractivity contribution in [2.75, 3.05) is 13.1 Å². The van der Waals surface area contributed by atoms with E-state index < -0.39 is 6.10 Å². The van der Waals surface area contributed by atoms with Crippen LogP contribution in [0.15, 0.2) is 0 Å². The van der Waals surface area contributed by atoms with E-state index in [-0.39, 0.29) is 5.91 Å². The molecule has 0 aromatic rings. The second kappa shape index (κ2) is 6.12. The van der Waals surface area contributed by atoms with Gasteiger partial charge in [0.05, 0.1) is 6.10 Å². The predicted molar refractivity (Wildman–Crippen MR) is 43.0 cm³/mol. The number of carbonyl (C=O) groups is 1. The molecule has 0 bridgehead atoms. The number of nitrogens with two attached hydrogens (primary N) is 1. The summed E-state index contributed by atoms with van der Waals surface area (Å²) in [7, 11) is 0. The highest BCUT2D eigenvalue weighted by molar-refractivity contribution is 5.75.